The third-order valence-corrected chi connectivity index (χ3v) is 12.1. The predicted molar refractivity (Wildman–Crippen MR) is 235 cm³/mol. The van der Waals surface area contributed by atoms with Crippen molar-refractivity contribution < 1.29 is 4.42 Å². The summed E-state index contributed by atoms with van der Waals surface area (Å²) in [6, 6.07) is 72.0. The first-order chi connectivity index (χ1) is 27.3. The minimum absolute atomic E-state index is 0.868. The Bertz CT molecular complexity index is 3190. The molecule has 0 saturated carbocycles. The Labute approximate surface area is 322 Å². The first-order valence-corrected chi connectivity index (χ1v) is 19.5. The van der Waals surface area contributed by atoms with Crippen LogP contribution in [0.15, 0.2) is 205 Å². The van der Waals surface area contributed by atoms with Gasteiger partial charge in [0.25, 0.3) is 0 Å². The van der Waals surface area contributed by atoms with Crippen molar-refractivity contribution in [3.63, 3.8) is 0 Å². The number of hydrogen-bond acceptors (Lipinski definition) is 3. The van der Waals surface area contributed by atoms with Crippen LogP contribution in [0.1, 0.15) is 0 Å². The maximum atomic E-state index is 7.02. The molecule has 2 heterocycles. The molecule has 0 bridgehead atoms. The Morgan fingerprint density at radius 2 is 0.982 bits per heavy atom. The third kappa shape index (κ3) is 5.24. The molecule has 0 N–H and O–H groups in total. The van der Waals surface area contributed by atoms with Crippen LogP contribution < -0.4 is 4.90 Å². The van der Waals surface area contributed by atoms with Crippen molar-refractivity contribution in [2.45, 2.75) is 0 Å². The van der Waals surface area contributed by atoms with Gasteiger partial charge in [0, 0.05) is 31.8 Å². The number of furan rings is 1. The van der Waals surface area contributed by atoms with Crippen LogP contribution in [0.5, 0.6) is 0 Å². The molecule has 0 aliphatic heterocycles. The van der Waals surface area contributed by atoms with E-state index >= 15 is 0 Å². The fraction of sp³-hybridized carbons (Fsp3) is 0. The van der Waals surface area contributed by atoms with Crippen LogP contribution in [0.25, 0.3) is 86.3 Å². The highest BCUT2D eigenvalue weighted by Gasteiger charge is 2.25. The first-order valence-electron chi connectivity index (χ1n) is 18.7. The zero-order valence-electron chi connectivity index (χ0n) is 29.8. The molecule has 11 aromatic rings. The van der Waals surface area contributed by atoms with Crippen LogP contribution in [0.3, 0.4) is 0 Å². The van der Waals surface area contributed by atoms with Crippen LogP contribution in [0, 0.1) is 0 Å². The Balaban J connectivity index is 1.22. The lowest BCUT2D eigenvalue weighted by atomic mass is 9.98. The second-order valence-corrected chi connectivity index (χ2v) is 15.1. The summed E-state index contributed by atoms with van der Waals surface area (Å²) in [5.41, 5.74) is 12.0. The number of rotatable bonds is 6. The number of hydrogen-bond donors (Lipinski definition) is 0. The molecule has 0 fully saturated rings. The maximum absolute atomic E-state index is 7.02. The molecule has 0 atom stereocenters. The van der Waals surface area contributed by atoms with Crippen molar-refractivity contribution in [1.29, 1.82) is 0 Å². The standard InChI is InChI=1S/C52H33NOS/c1-4-14-34(15-5-1)38-27-29-44-48(32-38)54-51-41(37-18-8-3-9-19-37)30-31-46(50(44)51)53(45-24-12-21-36-20-10-11-22-40(36)45)47-25-13-23-43-42-28-26-39(33-49(42)55-52(43)47)35-16-6-2-7-17-35/h1-33H. The molecule has 0 aliphatic carbocycles. The fourth-order valence-electron chi connectivity index (χ4n) is 8.27. The molecule has 0 spiro atoms. The normalized spacial score (nSPS) is 11.6. The first kappa shape index (κ1) is 31.6. The average molecular weight is 720 g/mol. The molecule has 55 heavy (non-hydrogen) atoms. The quantitative estimate of drug-likeness (QED) is 0.170. The van der Waals surface area contributed by atoms with Gasteiger partial charge in [0.1, 0.15) is 11.2 Å². The second kappa shape index (κ2) is 12.9. The second-order valence-electron chi connectivity index (χ2n) is 14.0. The zero-order valence-corrected chi connectivity index (χ0v) is 30.6. The Morgan fingerprint density at radius 1 is 0.382 bits per heavy atom. The van der Waals surface area contributed by atoms with E-state index in [9.17, 15) is 0 Å². The lowest BCUT2D eigenvalue weighted by Crippen LogP contribution is -2.11. The molecule has 0 amide bonds. The highest BCUT2D eigenvalue weighted by atomic mass is 32.1. The van der Waals surface area contributed by atoms with E-state index in [1.807, 2.05) is 11.3 Å². The molecular formula is C52H33NOS. The van der Waals surface area contributed by atoms with E-state index in [2.05, 4.69) is 205 Å². The number of anilines is 3. The molecule has 258 valence electrons. The van der Waals surface area contributed by atoms with Crippen molar-refractivity contribution in [3.05, 3.63) is 200 Å². The van der Waals surface area contributed by atoms with Crippen molar-refractivity contribution >= 4 is 81.3 Å². The molecule has 2 nitrogen and oxygen atoms in total. The maximum Gasteiger partial charge on any atom is 0.145 e. The topological polar surface area (TPSA) is 16.4 Å². The minimum atomic E-state index is 0.868. The van der Waals surface area contributed by atoms with Gasteiger partial charge in [-0.15, -0.1) is 11.3 Å². The van der Waals surface area contributed by atoms with Gasteiger partial charge in [-0.25, -0.2) is 0 Å². The summed E-state index contributed by atoms with van der Waals surface area (Å²) in [5.74, 6) is 0. The fourth-order valence-corrected chi connectivity index (χ4v) is 9.51. The molecule has 3 heteroatoms. The predicted octanol–water partition coefficient (Wildman–Crippen LogP) is 15.6. The van der Waals surface area contributed by atoms with Crippen LogP contribution in [0.4, 0.5) is 17.1 Å². The number of thiophene rings is 1. The highest BCUT2D eigenvalue weighted by Crippen LogP contribution is 2.51. The highest BCUT2D eigenvalue weighted by molar-refractivity contribution is 7.26. The van der Waals surface area contributed by atoms with Gasteiger partial charge in [0.2, 0.25) is 0 Å². The van der Waals surface area contributed by atoms with Gasteiger partial charge < -0.3 is 9.32 Å². The smallest absolute Gasteiger partial charge is 0.145 e. The van der Waals surface area contributed by atoms with Gasteiger partial charge in [-0.2, -0.15) is 0 Å². The summed E-state index contributed by atoms with van der Waals surface area (Å²) >= 11 is 1.87. The largest absolute Gasteiger partial charge is 0.455 e. The summed E-state index contributed by atoms with van der Waals surface area (Å²) in [5, 5.41) is 7.09. The van der Waals surface area contributed by atoms with Gasteiger partial charge in [-0.3, -0.25) is 0 Å². The number of benzene rings is 9. The third-order valence-electron chi connectivity index (χ3n) is 10.9. The van der Waals surface area contributed by atoms with E-state index in [1.54, 1.807) is 0 Å². The summed E-state index contributed by atoms with van der Waals surface area (Å²) in [6.07, 6.45) is 0. The summed E-state index contributed by atoms with van der Waals surface area (Å²) in [6.45, 7) is 0. The van der Waals surface area contributed by atoms with Gasteiger partial charge in [-0.1, -0.05) is 158 Å². The lowest BCUT2D eigenvalue weighted by Gasteiger charge is -2.28. The molecule has 9 aromatic carbocycles. The summed E-state index contributed by atoms with van der Waals surface area (Å²) in [4.78, 5) is 2.48. The Kier molecular flexibility index (Phi) is 7.39. The Hall–Kier alpha value is -6.94. The van der Waals surface area contributed by atoms with Gasteiger partial charge in [0.15, 0.2) is 0 Å². The van der Waals surface area contributed by atoms with E-state index in [0.717, 1.165) is 61.3 Å². The van der Waals surface area contributed by atoms with E-state index in [-0.39, 0.29) is 0 Å². The monoisotopic (exact) mass is 719 g/mol. The van der Waals surface area contributed by atoms with Crippen LogP contribution in [-0.4, -0.2) is 0 Å². The SMILES string of the molecule is c1ccc(-c2ccc3c(c2)oc2c(-c4ccccc4)ccc(N(c4cccc5ccccc45)c4cccc5c4sc4cc(-c6ccccc6)ccc45)c23)cc1. The van der Waals surface area contributed by atoms with Gasteiger partial charge >= 0.3 is 0 Å². The lowest BCUT2D eigenvalue weighted by molar-refractivity contribution is 0.670. The van der Waals surface area contributed by atoms with E-state index in [0.29, 0.717) is 0 Å². The molecular weight excluding hydrogens is 687 g/mol. The van der Waals surface area contributed by atoms with Crippen molar-refractivity contribution in [3.8, 4) is 33.4 Å². The molecule has 0 unspecified atom stereocenters. The van der Waals surface area contributed by atoms with Crippen LogP contribution >= 0.6 is 11.3 Å². The Morgan fingerprint density at radius 3 is 1.75 bits per heavy atom. The van der Waals surface area contributed by atoms with Crippen molar-refractivity contribution in [1.82, 2.24) is 0 Å². The zero-order chi connectivity index (χ0) is 36.3. The van der Waals surface area contributed by atoms with E-state index in [4.69, 9.17) is 4.42 Å². The minimum Gasteiger partial charge on any atom is -0.455 e. The summed E-state index contributed by atoms with van der Waals surface area (Å²) in [7, 11) is 0. The van der Waals surface area contributed by atoms with E-state index in [1.165, 1.54) is 42.1 Å². The molecule has 11 rings (SSSR count). The van der Waals surface area contributed by atoms with Crippen LogP contribution in [0.2, 0.25) is 0 Å². The number of fused-ring (bicyclic) bond motifs is 7. The van der Waals surface area contributed by atoms with E-state index < -0.39 is 0 Å². The van der Waals surface area contributed by atoms with Gasteiger partial charge in [0.05, 0.1) is 27.1 Å². The van der Waals surface area contributed by atoms with Crippen molar-refractivity contribution in [2.75, 3.05) is 4.90 Å². The molecule has 2 aromatic heterocycles. The molecule has 0 saturated heterocycles. The summed E-state index contributed by atoms with van der Waals surface area (Å²) < 4.78 is 9.53. The average Bonchev–Trinajstić information content (AvgIpc) is 3.84. The number of nitrogens with zero attached hydrogens (tertiary/aromatic N) is 1. The van der Waals surface area contributed by atoms with Crippen LogP contribution in [-0.2, 0) is 0 Å². The molecule has 0 radical (unpaired) electrons. The van der Waals surface area contributed by atoms with Crippen molar-refractivity contribution in [2.24, 2.45) is 0 Å². The molecule has 0 aliphatic rings. The van der Waals surface area contributed by atoms with Gasteiger partial charge in [-0.05, 0) is 75.7 Å².